The quantitative estimate of drug-likeness (QED) is 0.826. The third-order valence-corrected chi connectivity index (χ3v) is 4.32. The fourth-order valence-corrected chi connectivity index (χ4v) is 3.30. The zero-order chi connectivity index (χ0) is 13.2. The van der Waals surface area contributed by atoms with Gasteiger partial charge in [0.2, 0.25) is 0 Å². The van der Waals surface area contributed by atoms with E-state index in [-0.39, 0.29) is 11.7 Å². The Bertz CT molecular complexity index is 494. The summed E-state index contributed by atoms with van der Waals surface area (Å²) >= 11 is 0. The molecule has 0 unspecified atom stereocenters. The average Bonchev–Trinajstić information content (AvgIpc) is 3.02. The molecule has 0 radical (unpaired) electrons. The second kappa shape index (κ2) is 5.16. The lowest BCUT2D eigenvalue weighted by molar-refractivity contribution is 0.0950. The van der Waals surface area contributed by atoms with Crippen LogP contribution in [0.1, 0.15) is 29.6 Å². The van der Waals surface area contributed by atoms with Gasteiger partial charge in [0, 0.05) is 12.1 Å². The summed E-state index contributed by atoms with van der Waals surface area (Å²) in [5, 5.41) is 2.92. The minimum atomic E-state index is -0.315. The molecule has 0 saturated heterocycles. The molecule has 0 heterocycles. The van der Waals surface area contributed by atoms with Gasteiger partial charge in [-0.3, -0.25) is 4.79 Å². The maximum Gasteiger partial charge on any atom is 0.251 e. The summed E-state index contributed by atoms with van der Waals surface area (Å²) in [5.41, 5.74) is 0.522. The van der Waals surface area contributed by atoms with E-state index in [0.29, 0.717) is 12.1 Å². The van der Waals surface area contributed by atoms with Crippen molar-refractivity contribution in [2.45, 2.75) is 19.3 Å². The fraction of sp³-hybridized carbons (Fsp3) is 0.438. The Labute approximate surface area is 112 Å². The van der Waals surface area contributed by atoms with Crippen LogP contribution < -0.4 is 5.32 Å². The van der Waals surface area contributed by atoms with Crippen LogP contribution in [0.3, 0.4) is 0 Å². The van der Waals surface area contributed by atoms with Crippen molar-refractivity contribution in [3.05, 3.63) is 47.8 Å². The number of rotatable bonds is 4. The lowest BCUT2D eigenvalue weighted by Crippen LogP contribution is -2.26. The highest BCUT2D eigenvalue weighted by Gasteiger charge is 2.34. The zero-order valence-corrected chi connectivity index (χ0v) is 10.8. The summed E-state index contributed by atoms with van der Waals surface area (Å²) in [4.78, 5) is 11.8. The highest BCUT2D eigenvalue weighted by atomic mass is 18.2. The molecule has 100 valence electrons. The Hall–Kier alpha value is -1.64. The largest absolute Gasteiger partial charge is 0.352 e. The Morgan fingerprint density at radius 1 is 1.21 bits per heavy atom. The van der Waals surface area contributed by atoms with E-state index in [2.05, 4.69) is 17.5 Å². The van der Waals surface area contributed by atoms with Gasteiger partial charge in [-0.1, -0.05) is 12.2 Å². The van der Waals surface area contributed by atoms with Crippen molar-refractivity contribution in [3.63, 3.8) is 0 Å². The van der Waals surface area contributed by atoms with E-state index in [1.54, 1.807) is 0 Å². The van der Waals surface area contributed by atoms with Crippen molar-refractivity contribution >= 4 is 5.91 Å². The van der Waals surface area contributed by atoms with Crippen LogP contribution in [0.25, 0.3) is 0 Å². The first-order valence-electron chi connectivity index (χ1n) is 6.94. The summed E-state index contributed by atoms with van der Waals surface area (Å²) < 4.78 is 12.8. The molecule has 2 bridgehead atoms. The minimum Gasteiger partial charge on any atom is -0.352 e. The summed E-state index contributed by atoms with van der Waals surface area (Å²) in [6, 6.07) is 5.67. The van der Waals surface area contributed by atoms with Crippen LogP contribution in [0.4, 0.5) is 4.39 Å². The van der Waals surface area contributed by atoms with E-state index in [1.807, 2.05) is 0 Å². The molecule has 3 heteroatoms. The number of allylic oxidation sites excluding steroid dienone is 2. The Morgan fingerprint density at radius 3 is 2.63 bits per heavy atom. The topological polar surface area (TPSA) is 29.1 Å². The first-order chi connectivity index (χ1) is 9.22. The van der Waals surface area contributed by atoms with Gasteiger partial charge in [0.05, 0.1) is 0 Å². The van der Waals surface area contributed by atoms with Crippen molar-refractivity contribution in [3.8, 4) is 0 Å². The van der Waals surface area contributed by atoms with Crippen LogP contribution in [0.5, 0.6) is 0 Å². The highest BCUT2D eigenvalue weighted by molar-refractivity contribution is 5.94. The van der Waals surface area contributed by atoms with Crippen LogP contribution in [0, 0.1) is 23.6 Å². The Kier molecular flexibility index (Phi) is 3.36. The maximum absolute atomic E-state index is 12.8. The van der Waals surface area contributed by atoms with Crippen LogP contribution >= 0.6 is 0 Å². The summed E-state index contributed by atoms with van der Waals surface area (Å²) in [5.74, 6) is 1.81. The number of carbonyl (C=O) groups excluding carboxylic acids is 1. The van der Waals surface area contributed by atoms with Crippen molar-refractivity contribution < 1.29 is 9.18 Å². The summed E-state index contributed by atoms with van der Waals surface area (Å²) in [7, 11) is 0. The molecule has 1 aromatic rings. The molecule has 0 aliphatic heterocycles. The second-order valence-corrected chi connectivity index (χ2v) is 5.59. The van der Waals surface area contributed by atoms with Gasteiger partial charge in [-0.15, -0.1) is 0 Å². The number of halogens is 1. The van der Waals surface area contributed by atoms with Crippen molar-refractivity contribution in [2.75, 3.05) is 6.54 Å². The molecule has 1 amide bonds. The SMILES string of the molecule is O=C(NCC[C@H]1C[C@@H]2C=C[C@H]1C2)c1ccc([18F])cc1. The molecule has 0 aromatic heterocycles. The first kappa shape index (κ1) is 12.4. The van der Waals surface area contributed by atoms with Crippen molar-refractivity contribution in [2.24, 2.45) is 17.8 Å². The number of carbonyl (C=O) groups is 1. The van der Waals surface area contributed by atoms with E-state index in [4.69, 9.17) is 0 Å². The van der Waals surface area contributed by atoms with E-state index in [0.717, 1.165) is 24.2 Å². The van der Waals surface area contributed by atoms with E-state index < -0.39 is 0 Å². The second-order valence-electron chi connectivity index (χ2n) is 5.59. The first-order valence-corrected chi connectivity index (χ1v) is 6.94. The van der Waals surface area contributed by atoms with Crippen molar-refractivity contribution in [1.82, 2.24) is 5.32 Å². The van der Waals surface area contributed by atoms with Gasteiger partial charge in [-0.25, -0.2) is 4.39 Å². The average molecular weight is 258 g/mol. The maximum atomic E-state index is 12.8. The number of nitrogens with one attached hydrogen (secondary N) is 1. The highest BCUT2D eigenvalue weighted by Crippen LogP contribution is 2.44. The molecule has 2 aliphatic rings. The van der Waals surface area contributed by atoms with Gasteiger partial charge in [-0.2, -0.15) is 0 Å². The van der Waals surface area contributed by atoms with E-state index in [9.17, 15) is 9.18 Å². The number of fused-ring (bicyclic) bond motifs is 2. The number of hydrogen-bond acceptors (Lipinski definition) is 1. The van der Waals surface area contributed by atoms with Gasteiger partial charge in [0.15, 0.2) is 0 Å². The lowest BCUT2D eigenvalue weighted by atomic mass is 9.90. The van der Waals surface area contributed by atoms with Gasteiger partial charge in [-0.05, 0) is 61.3 Å². The molecule has 2 aliphatic carbocycles. The van der Waals surface area contributed by atoms with Crippen molar-refractivity contribution in [1.29, 1.82) is 0 Å². The normalized spacial score (nSPS) is 27.7. The molecule has 1 N–H and O–H groups in total. The molecule has 3 atom stereocenters. The Balaban J connectivity index is 1.46. The smallest absolute Gasteiger partial charge is 0.251 e. The predicted molar refractivity (Wildman–Crippen MR) is 72.2 cm³/mol. The predicted octanol–water partition coefficient (Wildman–Crippen LogP) is 3.16. The van der Waals surface area contributed by atoms with Gasteiger partial charge < -0.3 is 5.32 Å². The standard InChI is InChI=1S/C16H18FNO/c17-15-5-3-12(4-6-15)16(19)18-8-7-14-10-11-1-2-13(14)9-11/h1-6,11,13-14H,7-10H2,(H,18,19)/t11-,13+,14+/m1/s1/i17-1. The van der Waals surface area contributed by atoms with Gasteiger partial charge in [0.1, 0.15) is 5.82 Å². The number of amides is 1. The van der Waals surface area contributed by atoms with Gasteiger partial charge >= 0.3 is 0 Å². The van der Waals surface area contributed by atoms with Gasteiger partial charge in [0.25, 0.3) is 5.91 Å². The zero-order valence-electron chi connectivity index (χ0n) is 10.8. The fourth-order valence-electron chi connectivity index (χ4n) is 3.30. The van der Waals surface area contributed by atoms with E-state index in [1.165, 1.54) is 37.1 Å². The van der Waals surface area contributed by atoms with Crippen LogP contribution in [-0.2, 0) is 0 Å². The summed E-state index contributed by atoms with van der Waals surface area (Å²) in [6.45, 7) is 0.706. The number of hydrogen-bond donors (Lipinski definition) is 1. The molecular weight excluding hydrogens is 240 g/mol. The third-order valence-electron chi connectivity index (χ3n) is 4.32. The molecule has 1 aromatic carbocycles. The molecule has 19 heavy (non-hydrogen) atoms. The third kappa shape index (κ3) is 2.70. The molecule has 0 spiro atoms. The van der Waals surface area contributed by atoms with E-state index >= 15 is 0 Å². The molecule has 3 rings (SSSR count). The molecule has 1 fully saturated rings. The molecular formula is C16H18FNO. The van der Waals surface area contributed by atoms with Crippen LogP contribution in [0.2, 0.25) is 0 Å². The molecule has 1 saturated carbocycles. The Morgan fingerprint density at radius 2 is 2.00 bits per heavy atom. The monoisotopic (exact) mass is 258 g/mol. The minimum absolute atomic E-state index is 0.112. The summed E-state index contributed by atoms with van der Waals surface area (Å²) in [6.07, 6.45) is 8.28. The van der Waals surface area contributed by atoms with Crippen LogP contribution in [-0.4, -0.2) is 12.5 Å². The van der Waals surface area contributed by atoms with Crippen LogP contribution in [0.15, 0.2) is 36.4 Å². The number of benzene rings is 1. The molecule has 2 nitrogen and oxygen atoms in total. The lowest BCUT2D eigenvalue weighted by Gasteiger charge is -2.17.